The number of ketones is 1. The van der Waals surface area contributed by atoms with Gasteiger partial charge in [0.25, 0.3) is 0 Å². The molecule has 1 unspecified atom stereocenters. The molecule has 0 saturated heterocycles. The van der Waals surface area contributed by atoms with Crippen molar-refractivity contribution in [2.75, 3.05) is 13.7 Å². The normalized spacial score (nSPS) is 12.7. The number of ether oxygens (including phenoxy) is 1. The maximum absolute atomic E-state index is 11.6. The molecule has 0 aliphatic heterocycles. The summed E-state index contributed by atoms with van der Waals surface area (Å²) in [6, 6.07) is 0. The van der Waals surface area contributed by atoms with Crippen LogP contribution in [0.5, 0.6) is 0 Å². The minimum absolute atomic E-state index is 0.244. The maximum Gasteiger partial charge on any atom is 0.140 e. The third kappa shape index (κ3) is 4.53. The van der Waals surface area contributed by atoms with Crippen LogP contribution < -0.4 is 0 Å². The molecule has 0 fully saturated rings. The Morgan fingerprint density at radius 1 is 1.67 bits per heavy atom. The minimum atomic E-state index is 0.244. The predicted molar refractivity (Wildman–Crippen MR) is 61.2 cm³/mol. The van der Waals surface area contributed by atoms with E-state index in [-0.39, 0.29) is 5.78 Å². The molecule has 0 aliphatic rings. The van der Waals surface area contributed by atoms with Gasteiger partial charge in [-0.05, 0) is 12.8 Å². The van der Waals surface area contributed by atoms with Gasteiger partial charge in [-0.1, -0.05) is 6.92 Å². The van der Waals surface area contributed by atoms with Gasteiger partial charge in [-0.3, -0.25) is 4.79 Å². The number of aryl methyl sites for hydroxylation is 1. The van der Waals surface area contributed by atoms with Crippen LogP contribution in [0.25, 0.3) is 0 Å². The third-order valence-electron chi connectivity index (χ3n) is 2.04. The Morgan fingerprint density at radius 2 is 2.40 bits per heavy atom. The van der Waals surface area contributed by atoms with Gasteiger partial charge in [0, 0.05) is 31.2 Å². The van der Waals surface area contributed by atoms with E-state index in [9.17, 15) is 4.79 Å². The molecule has 0 aromatic carbocycles. The molecule has 15 heavy (non-hydrogen) atoms. The largest absolute Gasteiger partial charge is 0.384 e. The lowest BCUT2D eigenvalue weighted by atomic mass is 10.0. The highest BCUT2D eigenvalue weighted by Gasteiger charge is 2.11. The summed E-state index contributed by atoms with van der Waals surface area (Å²) in [5.74, 6) is 0.539. The van der Waals surface area contributed by atoms with Crippen LogP contribution in [0, 0.1) is 12.8 Å². The zero-order chi connectivity index (χ0) is 11.3. The molecule has 1 heterocycles. The highest BCUT2D eigenvalue weighted by Crippen LogP contribution is 2.12. The van der Waals surface area contributed by atoms with E-state index in [1.165, 1.54) is 0 Å². The van der Waals surface area contributed by atoms with E-state index in [2.05, 4.69) is 4.98 Å². The Morgan fingerprint density at radius 3 is 2.93 bits per heavy atom. The Bertz CT molecular complexity index is 322. The van der Waals surface area contributed by atoms with Crippen LogP contribution >= 0.6 is 11.3 Å². The summed E-state index contributed by atoms with van der Waals surface area (Å²) in [5, 5.41) is 2.89. The molecule has 0 saturated carbocycles. The summed E-state index contributed by atoms with van der Waals surface area (Å²) >= 11 is 1.56. The molecular weight excluding hydrogens is 210 g/mol. The van der Waals surface area contributed by atoms with E-state index in [0.29, 0.717) is 25.4 Å². The van der Waals surface area contributed by atoms with Crippen LogP contribution in [0.3, 0.4) is 0 Å². The summed E-state index contributed by atoms with van der Waals surface area (Å²) in [6.07, 6.45) is 1.04. The first kappa shape index (κ1) is 12.3. The van der Waals surface area contributed by atoms with Crippen LogP contribution in [0.1, 0.15) is 24.0 Å². The summed E-state index contributed by atoms with van der Waals surface area (Å²) in [5.41, 5.74) is 0.993. The number of hydrogen-bond acceptors (Lipinski definition) is 4. The second kappa shape index (κ2) is 5.98. The van der Waals surface area contributed by atoms with Gasteiger partial charge < -0.3 is 4.74 Å². The third-order valence-corrected chi connectivity index (χ3v) is 3.01. The number of hydrogen-bond donors (Lipinski definition) is 0. The first-order valence-corrected chi connectivity index (χ1v) is 5.91. The molecule has 84 valence electrons. The predicted octanol–water partition coefficient (Wildman–Crippen LogP) is 2.24. The van der Waals surface area contributed by atoms with Gasteiger partial charge in [0.1, 0.15) is 10.8 Å². The fraction of sp³-hybridized carbons (Fsp3) is 0.636. The van der Waals surface area contributed by atoms with E-state index in [4.69, 9.17) is 4.74 Å². The van der Waals surface area contributed by atoms with Gasteiger partial charge in [-0.15, -0.1) is 11.3 Å². The Hall–Kier alpha value is -0.740. The lowest BCUT2D eigenvalue weighted by Crippen LogP contribution is -2.12. The summed E-state index contributed by atoms with van der Waals surface area (Å²) < 4.78 is 4.99. The SMILES string of the molecule is COCC(C)CC(=O)Cc1nc(C)cs1. The Balaban J connectivity index is 2.36. The molecule has 1 rings (SSSR count). The average Bonchev–Trinajstić information content (AvgIpc) is 2.51. The van der Waals surface area contributed by atoms with Crippen LogP contribution in [0.15, 0.2) is 5.38 Å². The maximum atomic E-state index is 11.6. The fourth-order valence-corrected chi connectivity index (χ4v) is 2.26. The topological polar surface area (TPSA) is 39.2 Å². The molecule has 3 nitrogen and oxygen atoms in total. The van der Waals surface area contributed by atoms with Crippen LogP contribution in [0.4, 0.5) is 0 Å². The number of aromatic nitrogens is 1. The van der Waals surface area contributed by atoms with Gasteiger partial charge in [0.15, 0.2) is 0 Å². The molecule has 0 bridgehead atoms. The Kier molecular flexibility index (Phi) is 4.91. The van der Waals surface area contributed by atoms with Crippen molar-refractivity contribution in [3.8, 4) is 0 Å². The lowest BCUT2D eigenvalue weighted by molar-refractivity contribution is -0.119. The van der Waals surface area contributed by atoms with Gasteiger partial charge in [-0.2, -0.15) is 0 Å². The van der Waals surface area contributed by atoms with Crippen molar-refractivity contribution in [1.82, 2.24) is 4.98 Å². The molecule has 0 aliphatic carbocycles. The number of carbonyl (C=O) groups excluding carboxylic acids is 1. The quantitative estimate of drug-likeness (QED) is 0.748. The van der Waals surface area contributed by atoms with Crippen LogP contribution in [0.2, 0.25) is 0 Å². The van der Waals surface area contributed by atoms with Gasteiger partial charge >= 0.3 is 0 Å². The zero-order valence-electron chi connectivity index (χ0n) is 9.45. The highest BCUT2D eigenvalue weighted by molar-refractivity contribution is 7.09. The fourth-order valence-electron chi connectivity index (χ4n) is 1.46. The highest BCUT2D eigenvalue weighted by atomic mass is 32.1. The van der Waals surface area contributed by atoms with Crippen molar-refractivity contribution >= 4 is 17.1 Å². The smallest absolute Gasteiger partial charge is 0.140 e. The molecule has 0 N–H and O–H groups in total. The van der Waals surface area contributed by atoms with Crippen molar-refractivity contribution in [2.45, 2.75) is 26.7 Å². The van der Waals surface area contributed by atoms with Gasteiger partial charge in [0.05, 0.1) is 6.42 Å². The van der Waals surface area contributed by atoms with Crippen LogP contribution in [-0.2, 0) is 16.0 Å². The molecular formula is C11H17NO2S. The molecule has 0 radical (unpaired) electrons. The molecule has 0 spiro atoms. The minimum Gasteiger partial charge on any atom is -0.384 e. The molecule has 0 amide bonds. The standard InChI is InChI=1S/C11H17NO2S/c1-8(6-14-3)4-10(13)5-11-12-9(2)7-15-11/h7-8H,4-6H2,1-3H3. The van der Waals surface area contributed by atoms with Crippen molar-refractivity contribution in [2.24, 2.45) is 5.92 Å². The molecule has 1 aromatic heterocycles. The van der Waals surface area contributed by atoms with Crippen molar-refractivity contribution in [3.63, 3.8) is 0 Å². The van der Waals surface area contributed by atoms with Gasteiger partial charge in [-0.25, -0.2) is 4.98 Å². The van der Waals surface area contributed by atoms with Crippen molar-refractivity contribution in [1.29, 1.82) is 0 Å². The van der Waals surface area contributed by atoms with Crippen molar-refractivity contribution in [3.05, 3.63) is 16.1 Å². The monoisotopic (exact) mass is 227 g/mol. The van der Waals surface area contributed by atoms with Gasteiger partial charge in [0.2, 0.25) is 0 Å². The number of methoxy groups -OCH3 is 1. The van der Waals surface area contributed by atoms with Crippen LogP contribution in [-0.4, -0.2) is 24.5 Å². The Labute approximate surface area is 94.5 Å². The first-order chi connectivity index (χ1) is 7.11. The van der Waals surface area contributed by atoms with Crippen molar-refractivity contribution < 1.29 is 9.53 Å². The first-order valence-electron chi connectivity index (χ1n) is 5.03. The van der Waals surface area contributed by atoms with E-state index >= 15 is 0 Å². The number of Topliss-reactive ketones (excluding diaryl/α,β-unsaturated/α-hetero) is 1. The summed E-state index contributed by atoms with van der Waals surface area (Å²) in [4.78, 5) is 15.9. The zero-order valence-corrected chi connectivity index (χ0v) is 10.3. The molecule has 4 heteroatoms. The number of rotatable bonds is 6. The molecule has 1 aromatic rings. The van der Waals surface area contributed by atoms with E-state index in [0.717, 1.165) is 10.7 Å². The summed E-state index contributed by atoms with van der Waals surface area (Å²) in [7, 11) is 1.66. The average molecular weight is 227 g/mol. The number of carbonyl (C=O) groups is 1. The lowest BCUT2D eigenvalue weighted by Gasteiger charge is -2.07. The van der Waals surface area contributed by atoms with E-state index < -0.39 is 0 Å². The number of thiazole rings is 1. The van der Waals surface area contributed by atoms with E-state index in [1.807, 2.05) is 19.2 Å². The summed E-state index contributed by atoms with van der Waals surface area (Å²) in [6.45, 7) is 4.61. The second-order valence-electron chi connectivity index (χ2n) is 3.86. The molecule has 1 atom stereocenters. The number of nitrogens with zero attached hydrogens (tertiary/aromatic N) is 1. The van der Waals surface area contributed by atoms with E-state index in [1.54, 1.807) is 18.4 Å². The second-order valence-corrected chi connectivity index (χ2v) is 4.81.